The van der Waals surface area contributed by atoms with Gasteiger partial charge in [-0.3, -0.25) is 14.5 Å². The maximum Gasteiger partial charge on any atom is 0.295 e. The normalized spacial score (nSPS) is 14.9. The molecule has 0 N–H and O–H groups in total. The Bertz CT molecular complexity index is 1510. The second-order valence-corrected chi connectivity index (χ2v) is 9.06. The van der Waals surface area contributed by atoms with Gasteiger partial charge in [0.1, 0.15) is 11.3 Å². The molecule has 0 aliphatic carbocycles. The number of anilines is 1. The van der Waals surface area contributed by atoms with E-state index in [9.17, 15) is 9.59 Å². The highest BCUT2D eigenvalue weighted by molar-refractivity contribution is 6.10. The van der Waals surface area contributed by atoms with E-state index in [0.29, 0.717) is 57.6 Å². The number of amides is 1. The molecule has 5 rings (SSSR count). The fourth-order valence-corrected chi connectivity index (χ4v) is 4.49. The summed E-state index contributed by atoms with van der Waals surface area (Å²) in [5, 5.41) is 0.422. The van der Waals surface area contributed by atoms with Crippen LogP contribution in [0.2, 0.25) is 0 Å². The zero-order valence-corrected chi connectivity index (χ0v) is 20.6. The lowest BCUT2D eigenvalue weighted by molar-refractivity contribution is 0.0971. The van der Waals surface area contributed by atoms with Gasteiger partial charge in [0.15, 0.2) is 16.9 Å². The summed E-state index contributed by atoms with van der Waals surface area (Å²) in [6.45, 7) is 4.67. The zero-order chi connectivity index (χ0) is 25.4. The van der Waals surface area contributed by atoms with E-state index in [1.54, 1.807) is 67.7 Å². The van der Waals surface area contributed by atoms with Gasteiger partial charge in [0, 0.05) is 11.8 Å². The SMILES string of the molecule is COc1cccc(N2C(=O)c3oc4ccccc4c(=O)c3C2c2ccc(OCC(C)C)c(OC)c2)c1. The molecule has 2 heterocycles. The molecule has 3 aromatic carbocycles. The summed E-state index contributed by atoms with van der Waals surface area (Å²) >= 11 is 0. The lowest BCUT2D eigenvalue weighted by Crippen LogP contribution is -2.29. The Morgan fingerprint density at radius 3 is 2.47 bits per heavy atom. The molecule has 0 radical (unpaired) electrons. The first-order valence-electron chi connectivity index (χ1n) is 11.8. The maximum atomic E-state index is 13.8. The van der Waals surface area contributed by atoms with Crippen LogP contribution in [0.1, 0.15) is 41.6 Å². The minimum atomic E-state index is -0.728. The third-order valence-electron chi connectivity index (χ3n) is 6.18. The molecule has 0 spiro atoms. The highest BCUT2D eigenvalue weighted by Crippen LogP contribution is 2.43. The van der Waals surface area contributed by atoms with Gasteiger partial charge in [-0.1, -0.05) is 38.1 Å². The molecule has 1 amide bonds. The number of rotatable bonds is 7. The first kappa shape index (κ1) is 23.5. The van der Waals surface area contributed by atoms with Crippen LogP contribution in [-0.2, 0) is 0 Å². The van der Waals surface area contributed by atoms with Crippen molar-refractivity contribution in [1.29, 1.82) is 0 Å². The Hall–Kier alpha value is -4.26. The molecular weight excluding hydrogens is 458 g/mol. The van der Waals surface area contributed by atoms with Crippen LogP contribution < -0.4 is 24.5 Å². The third kappa shape index (κ3) is 3.96. The fraction of sp³-hybridized carbons (Fsp3) is 0.241. The van der Waals surface area contributed by atoms with Crippen molar-refractivity contribution in [2.24, 2.45) is 5.92 Å². The van der Waals surface area contributed by atoms with Crippen LogP contribution in [0.15, 0.2) is 75.9 Å². The Morgan fingerprint density at radius 2 is 1.72 bits per heavy atom. The van der Waals surface area contributed by atoms with E-state index in [1.807, 2.05) is 18.2 Å². The summed E-state index contributed by atoms with van der Waals surface area (Å²) in [7, 11) is 3.13. The number of para-hydroxylation sites is 1. The molecule has 1 aromatic heterocycles. The van der Waals surface area contributed by atoms with E-state index < -0.39 is 11.9 Å². The zero-order valence-electron chi connectivity index (χ0n) is 20.6. The predicted molar refractivity (Wildman–Crippen MR) is 137 cm³/mol. The molecule has 0 saturated heterocycles. The quantitative estimate of drug-likeness (QED) is 0.339. The molecule has 36 heavy (non-hydrogen) atoms. The third-order valence-corrected chi connectivity index (χ3v) is 6.18. The van der Waals surface area contributed by atoms with Gasteiger partial charge in [-0.2, -0.15) is 0 Å². The lowest BCUT2D eigenvalue weighted by Gasteiger charge is -2.26. The van der Waals surface area contributed by atoms with Crippen LogP contribution >= 0.6 is 0 Å². The van der Waals surface area contributed by atoms with Gasteiger partial charge in [0.25, 0.3) is 5.91 Å². The molecule has 7 heteroatoms. The van der Waals surface area contributed by atoms with Crippen molar-refractivity contribution < 1.29 is 23.4 Å². The van der Waals surface area contributed by atoms with E-state index in [-0.39, 0.29) is 11.2 Å². The number of carbonyl (C=O) groups is 1. The molecule has 184 valence electrons. The van der Waals surface area contributed by atoms with Crippen molar-refractivity contribution in [2.45, 2.75) is 19.9 Å². The van der Waals surface area contributed by atoms with E-state index >= 15 is 0 Å². The lowest BCUT2D eigenvalue weighted by atomic mass is 9.97. The van der Waals surface area contributed by atoms with Crippen molar-refractivity contribution in [1.82, 2.24) is 0 Å². The molecule has 1 atom stereocenters. The molecule has 7 nitrogen and oxygen atoms in total. The fourth-order valence-electron chi connectivity index (χ4n) is 4.49. The second-order valence-electron chi connectivity index (χ2n) is 9.06. The first-order chi connectivity index (χ1) is 17.4. The number of hydrogen-bond donors (Lipinski definition) is 0. The molecular formula is C29H27NO6. The standard InChI is InChI=1S/C29H27NO6/c1-17(2)16-35-23-13-12-18(14-24(23)34-4)26-25-27(31)21-10-5-6-11-22(21)36-28(25)29(32)30(26)19-8-7-9-20(15-19)33-3/h5-15,17,26H,16H2,1-4H3. The molecule has 4 aromatic rings. The summed E-state index contributed by atoms with van der Waals surface area (Å²) in [6, 6.07) is 18.9. The Morgan fingerprint density at radius 1 is 0.917 bits per heavy atom. The van der Waals surface area contributed by atoms with E-state index in [2.05, 4.69) is 13.8 Å². The van der Waals surface area contributed by atoms with Crippen molar-refractivity contribution >= 4 is 22.6 Å². The number of carbonyl (C=O) groups excluding carboxylic acids is 1. The average Bonchev–Trinajstić information content (AvgIpc) is 3.19. The molecule has 0 saturated carbocycles. The van der Waals surface area contributed by atoms with Gasteiger partial charge >= 0.3 is 0 Å². The second kappa shape index (κ2) is 9.41. The summed E-state index contributed by atoms with van der Waals surface area (Å²) in [6.07, 6.45) is 0. The van der Waals surface area contributed by atoms with Gasteiger partial charge in [-0.25, -0.2) is 0 Å². The minimum absolute atomic E-state index is 0.0330. The minimum Gasteiger partial charge on any atom is -0.497 e. The van der Waals surface area contributed by atoms with E-state index in [1.165, 1.54) is 0 Å². The van der Waals surface area contributed by atoms with Crippen LogP contribution in [0, 0.1) is 5.92 Å². The van der Waals surface area contributed by atoms with Gasteiger partial charge in [-0.15, -0.1) is 0 Å². The van der Waals surface area contributed by atoms with Gasteiger partial charge < -0.3 is 18.6 Å². The van der Waals surface area contributed by atoms with Gasteiger partial charge in [0.05, 0.1) is 37.8 Å². The topological polar surface area (TPSA) is 78.2 Å². The van der Waals surface area contributed by atoms with Crippen LogP contribution in [0.5, 0.6) is 17.2 Å². The van der Waals surface area contributed by atoms with Crippen molar-refractivity contribution in [3.63, 3.8) is 0 Å². The Kier molecular flexibility index (Phi) is 6.14. The number of methoxy groups -OCH3 is 2. The number of benzene rings is 3. The van der Waals surface area contributed by atoms with Crippen molar-refractivity contribution in [3.05, 3.63) is 93.8 Å². The van der Waals surface area contributed by atoms with E-state index in [0.717, 1.165) is 0 Å². The van der Waals surface area contributed by atoms with Crippen LogP contribution in [0.4, 0.5) is 5.69 Å². The van der Waals surface area contributed by atoms with Gasteiger partial charge in [0.2, 0.25) is 5.76 Å². The number of hydrogen-bond acceptors (Lipinski definition) is 6. The smallest absolute Gasteiger partial charge is 0.295 e. The van der Waals surface area contributed by atoms with Crippen LogP contribution in [0.25, 0.3) is 11.0 Å². The van der Waals surface area contributed by atoms with Crippen LogP contribution in [0.3, 0.4) is 0 Å². The first-order valence-corrected chi connectivity index (χ1v) is 11.8. The van der Waals surface area contributed by atoms with E-state index in [4.69, 9.17) is 18.6 Å². The highest BCUT2D eigenvalue weighted by atomic mass is 16.5. The Labute approximate surface area is 208 Å². The van der Waals surface area contributed by atoms with Crippen molar-refractivity contribution in [2.75, 3.05) is 25.7 Å². The molecule has 0 bridgehead atoms. The summed E-state index contributed by atoms with van der Waals surface area (Å²) < 4.78 is 23.0. The summed E-state index contributed by atoms with van der Waals surface area (Å²) in [4.78, 5) is 29.1. The highest BCUT2D eigenvalue weighted by Gasteiger charge is 2.44. The largest absolute Gasteiger partial charge is 0.497 e. The monoisotopic (exact) mass is 485 g/mol. The number of ether oxygens (including phenoxy) is 3. The molecule has 1 aliphatic heterocycles. The number of nitrogens with zero attached hydrogens (tertiary/aromatic N) is 1. The van der Waals surface area contributed by atoms with Crippen molar-refractivity contribution in [3.8, 4) is 17.2 Å². The predicted octanol–water partition coefficient (Wildman–Crippen LogP) is 5.59. The van der Waals surface area contributed by atoms with Gasteiger partial charge in [-0.05, 0) is 47.9 Å². The molecule has 1 unspecified atom stereocenters. The maximum absolute atomic E-state index is 13.8. The summed E-state index contributed by atoms with van der Waals surface area (Å²) in [5.74, 6) is 1.68. The number of fused-ring (bicyclic) bond motifs is 2. The summed E-state index contributed by atoms with van der Waals surface area (Å²) in [5.41, 5.74) is 1.70. The molecule has 0 fully saturated rings. The average molecular weight is 486 g/mol. The molecule has 1 aliphatic rings. The van der Waals surface area contributed by atoms with Crippen LogP contribution in [-0.4, -0.2) is 26.7 Å². The Balaban J connectivity index is 1.72.